The standard InChI is InChI=1S/C11H9F3N2O/c1-16-10(17)6-9(15-16)7-2-4-8(5-3-7)11(12,13)14/h2-6,15H,1H3. The Balaban J connectivity index is 2.39. The van der Waals surface area contributed by atoms with Gasteiger partial charge in [0.2, 0.25) is 0 Å². The second-order valence-corrected chi connectivity index (χ2v) is 3.64. The van der Waals surface area contributed by atoms with Gasteiger partial charge in [0.15, 0.2) is 0 Å². The van der Waals surface area contributed by atoms with Crippen LogP contribution in [0.2, 0.25) is 0 Å². The second kappa shape index (κ2) is 3.80. The zero-order chi connectivity index (χ0) is 12.6. The quantitative estimate of drug-likeness (QED) is 0.819. The molecule has 0 amide bonds. The maximum Gasteiger partial charge on any atom is 0.416 e. The van der Waals surface area contributed by atoms with Crippen LogP contribution in [0.5, 0.6) is 0 Å². The number of aromatic amines is 1. The van der Waals surface area contributed by atoms with Crippen molar-refractivity contribution in [3.05, 3.63) is 46.2 Å². The van der Waals surface area contributed by atoms with Crippen molar-refractivity contribution in [3.63, 3.8) is 0 Å². The third kappa shape index (κ3) is 2.25. The number of aromatic nitrogens is 2. The van der Waals surface area contributed by atoms with E-state index in [-0.39, 0.29) is 5.56 Å². The Morgan fingerprint density at radius 1 is 1.18 bits per heavy atom. The highest BCUT2D eigenvalue weighted by molar-refractivity contribution is 5.58. The molecule has 0 bridgehead atoms. The second-order valence-electron chi connectivity index (χ2n) is 3.64. The number of hydrogen-bond donors (Lipinski definition) is 1. The van der Waals surface area contributed by atoms with E-state index in [1.165, 1.54) is 29.9 Å². The molecule has 2 aromatic rings. The van der Waals surface area contributed by atoms with Crippen molar-refractivity contribution in [2.75, 3.05) is 0 Å². The van der Waals surface area contributed by atoms with E-state index in [4.69, 9.17) is 0 Å². The average Bonchev–Trinajstić information content (AvgIpc) is 2.58. The summed E-state index contributed by atoms with van der Waals surface area (Å²) in [5.74, 6) is 0. The molecule has 0 spiro atoms. The Hall–Kier alpha value is -1.98. The monoisotopic (exact) mass is 242 g/mol. The van der Waals surface area contributed by atoms with Crippen LogP contribution in [-0.4, -0.2) is 9.78 Å². The Morgan fingerprint density at radius 2 is 1.76 bits per heavy atom. The van der Waals surface area contributed by atoms with Gasteiger partial charge in [-0.15, -0.1) is 0 Å². The van der Waals surface area contributed by atoms with Gasteiger partial charge in [-0.1, -0.05) is 12.1 Å². The minimum Gasteiger partial charge on any atom is -0.295 e. The maximum absolute atomic E-state index is 12.3. The van der Waals surface area contributed by atoms with Gasteiger partial charge in [-0.25, -0.2) is 0 Å². The van der Waals surface area contributed by atoms with E-state index in [1.807, 2.05) is 0 Å². The van der Waals surface area contributed by atoms with Crippen molar-refractivity contribution in [2.45, 2.75) is 6.18 Å². The van der Waals surface area contributed by atoms with Gasteiger partial charge in [0.1, 0.15) is 0 Å². The molecule has 90 valence electrons. The summed E-state index contributed by atoms with van der Waals surface area (Å²) in [6.07, 6.45) is -4.34. The molecule has 6 heteroatoms. The molecule has 1 aromatic heterocycles. The maximum atomic E-state index is 12.3. The van der Waals surface area contributed by atoms with E-state index < -0.39 is 11.7 Å². The number of hydrogen-bond acceptors (Lipinski definition) is 1. The van der Waals surface area contributed by atoms with Crippen LogP contribution in [0.25, 0.3) is 11.3 Å². The topological polar surface area (TPSA) is 37.8 Å². The molecule has 17 heavy (non-hydrogen) atoms. The van der Waals surface area contributed by atoms with Gasteiger partial charge < -0.3 is 0 Å². The molecular formula is C11H9F3N2O. The Labute approximate surface area is 94.5 Å². The minimum atomic E-state index is -4.34. The molecule has 0 saturated heterocycles. The van der Waals surface area contributed by atoms with Crippen molar-refractivity contribution in [1.82, 2.24) is 9.78 Å². The summed E-state index contributed by atoms with van der Waals surface area (Å²) >= 11 is 0. The van der Waals surface area contributed by atoms with Crippen LogP contribution in [-0.2, 0) is 13.2 Å². The highest BCUT2D eigenvalue weighted by atomic mass is 19.4. The van der Waals surface area contributed by atoms with E-state index in [9.17, 15) is 18.0 Å². The molecule has 1 heterocycles. The number of nitrogens with zero attached hydrogens (tertiary/aromatic N) is 1. The van der Waals surface area contributed by atoms with Gasteiger partial charge in [-0.3, -0.25) is 14.6 Å². The normalized spacial score (nSPS) is 11.8. The lowest BCUT2D eigenvalue weighted by molar-refractivity contribution is -0.137. The summed E-state index contributed by atoms with van der Waals surface area (Å²) in [6.45, 7) is 0. The van der Waals surface area contributed by atoms with Gasteiger partial charge in [-0.2, -0.15) is 13.2 Å². The molecule has 0 radical (unpaired) electrons. The van der Waals surface area contributed by atoms with E-state index >= 15 is 0 Å². The fourth-order valence-corrected chi connectivity index (χ4v) is 1.48. The van der Waals surface area contributed by atoms with Crippen molar-refractivity contribution in [2.24, 2.45) is 7.05 Å². The van der Waals surface area contributed by atoms with Crippen molar-refractivity contribution in [1.29, 1.82) is 0 Å². The first-order chi connectivity index (χ1) is 7.88. The fourth-order valence-electron chi connectivity index (χ4n) is 1.48. The number of H-pyrrole nitrogens is 1. The molecule has 0 atom stereocenters. The van der Waals surface area contributed by atoms with Crippen LogP contribution in [0.4, 0.5) is 13.2 Å². The molecule has 0 aliphatic heterocycles. The molecule has 0 unspecified atom stereocenters. The summed E-state index contributed by atoms with van der Waals surface area (Å²) in [5, 5.41) is 2.74. The Morgan fingerprint density at radius 3 is 2.18 bits per heavy atom. The van der Waals surface area contributed by atoms with Gasteiger partial charge in [0.25, 0.3) is 5.56 Å². The molecule has 3 nitrogen and oxygen atoms in total. The van der Waals surface area contributed by atoms with E-state index in [2.05, 4.69) is 5.10 Å². The highest BCUT2D eigenvalue weighted by Crippen LogP contribution is 2.30. The molecule has 0 saturated carbocycles. The number of benzene rings is 1. The highest BCUT2D eigenvalue weighted by Gasteiger charge is 2.29. The van der Waals surface area contributed by atoms with Crippen LogP contribution in [0, 0.1) is 0 Å². The van der Waals surface area contributed by atoms with Gasteiger partial charge in [-0.05, 0) is 17.7 Å². The predicted octanol–water partition coefficient (Wildman–Crippen LogP) is 2.40. The summed E-state index contributed by atoms with van der Waals surface area (Å²) in [7, 11) is 1.54. The predicted molar refractivity (Wildman–Crippen MR) is 56.5 cm³/mol. The number of alkyl halides is 3. The van der Waals surface area contributed by atoms with Crippen molar-refractivity contribution < 1.29 is 13.2 Å². The SMILES string of the molecule is Cn1[nH]c(-c2ccc(C(F)(F)F)cc2)cc1=O. The zero-order valence-electron chi connectivity index (χ0n) is 8.88. The third-order valence-electron chi connectivity index (χ3n) is 2.41. The van der Waals surface area contributed by atoms with Crippen LogP contribution in [0.3, 0.4) is 0 Å². The molecular weight excluding hydrogens is 233 g/mol. The first-order valence-corrected chi connectivity index (χ1v) is 4.81. The van der Waals surface area contributed by atoms with Gasteiger partial charge in [0, 0.05) is 13.1 Å². The van der Waals surface area contributed by atoms with E-state index in [1.54, 1.807) is 0 Å². The van der Waals surface area contributed by atoms with Crippen molar-refractivity contribution >= 4 is 0 Å². The van der Waals surface area contributed by atoms with Gasteiger partial charge in [0.05, 0.1) is 11.3 Å². The first-order valence-electron chi connectivity index (χ1n) is 4.81. The van der Waals surface area contributed by atoms with Crippen LogP contribution < -0.4 is 5.56 Å². The van der Waals surface area contributed by atoms with Crippen LogP contribution >= 0.6 is 0 Å². The molecule has 0 aliphatic rings. The number of aryl methyl sites for hydroxylation is 1. The molecule has 1 aromatic carbocycles. The summed E-state index contributed by atoms with van der Waals surface area (Å²) in [6, 6.07) is 5.96. The minimum absolute atomic E-state index is 0.236. The first kappa shape index (κ1) is 11.5. The number of halogens is 3. The number of rotatable bonds is 1. The lowest BCUT2D eigenvalue weighted by Crippen LogP contribution is -2.09. The lowest BCUT2D eigenvalue weighted by atomic mass is 10.1. The lowest BCUT2D eigenvalue weighted by Gasteiger charge is -2.06. The summed E-state index contributed by atoms with van der Waals surface area (Å²) in [4.78, 5) is 11.2. The molecule has 1 N–H and O–H groups in total. The average molecular weight is 242 g/mol. The van der Waals surface area contributed by atoms with Gasteiger partial charge >= 0.3 is 6.18 Å². The third-order valence-corrected chi connectivity index (χ3v) is 2.41. The summed E-state index contributed by atoms with van der Waals surface area (Å²) in [5.41, 5.74) is 0.0846. The van der Waals surface area contributed by atoms with Crippen molar-refractivity contribution in [3.8, 4) is 11.3 Å². The Kier molecular flexibility index (Phi) is 2.57. The van der Waals surface area contributed by atoms with Crippen LogP contribution in [0.15, 0.2) is 35.1 Å². The smallest absolute Gasteiger partial charge is 0.295 e. The summed E-state index contributed by atoms with van der Waals surface area (Å²) < 4.78 is 38.2. The van der Waals surface area contributed by atoms with E-state index in [0.717, 1.165) is 12.1 Å². The van der Waals surface area contributed by atoms with E-state index in [0.29, 0.717) is 11.3 Å². The molecule has 0 aliphatic carbocycles. The zero-order valence-corrected chi connectivity index (χ0v) is 8.88. The Bertz CT molecular complexity index is 578. The largest absolute Gasteiger partial charge is 0.416 e. The molecule has 2 rings (SSSR count). The molecule has 0 fully saturated rings. The van der Waals surface area contributed by atoms with Crippen LogP contribution in [0.1, 0.15) is 5.56 Å². The number of nitrogens with one attached hydrogen (secondary N) is 1. The fraction of sp³-hybridized carbons (Fsp3) is 0.182.